The van der Waals surface area contributed by atoms with Crippen LogP contribution in [0.2, 0.25) is 0 Å². The maximum absolute atomic E-state index is 12.8. The quantitative estimate of drug-likeness (QED) is 0.764. The van der Waals surface area contributed by atoms with Crippen molar-refractivity contribution in [1.82, 2.24) is 14.8 Å². The number of carbonyl (C=O) groups is 1. The molecule has 0 atom stereocenters. The number of hydrogen-bond donors (Lipinski definition) is 1. The van der Waals surface area contributed by atoms with Gasteiger partial charge in [0.2, 0.25) is 0 Å². The maximum Gasteiger partial charge on any atom is 0.256 e. The lowest BCUT2D eigenvalue weighted by Gasteiger charge is -2.10. The molecule has 0 bridgehead atoms. The van der Waals surface area contributed by atoms with Crippen LogP contribution in [0, 0.1) is 6.92 Å². The van der Waals surface area contributed by atoms with Gasteiger partial charge in [-0.15, -0.1) is 0 Å². The van der Waals surface area contributed by atoms with Crippen molar-refractivity contribution in [3.05, 3.63) is 47.8 Å². The Labute approximate surface area is 146 Å². The summed E-state index contributed by atoms with van der Waals surface area (Å²) in [4.78, 5) is 17.3. The Kier molecular flexibility index (Phi) is 4.70. The molecular weight excluding hydrogens is 316 g/mol. The van der Waals surface area contributed by atoms with Crippen LogP contribution in [0.5, 0.6) is 5.75 Å². The van der Waals surface area contributed by atoms with E-state index in [1.165, 1.54) is 0 Å². The van der Waals surface area contributed by atoms with E-state index in [0.717, 1.165) is 22.5 Å². The highest BCUT2D eigenvalue weighted by atomic mass is 16.5. The van der Waals surface area contributed by atoms with Gasteiger partial charge in [-0.25, -0.2) is 9.67 Å². The first kappa shape index (κ1) is 17.0. The predicted molar refractivity (Wildman–Crippen MR) is 98.2 cm³/mol. The van der Waals surface area contributed by atoms with Crippen molar-refractivity contribution in [2.45, 2.75) is 33.7 Å². The minimum absolute atomic E-state index is 0.175. The summed E-state index contributed by atoms with van der Waals surface area (Å²) in [6.07, 6.45) is 1.70. The van der Waals surface area contributed by atoms with E-state index >= 15 is 0 Å². The largest absolute Gasteiger partial charge is 0.494 e. The number of rotatable bonds is 5. The number of aryl methyl sites for hydroxylation is 1. The lowest BCUT2D eigenvalue weighted by atomic mass is 10.1. The fourth-order valence-electron chi connectivity index (χ4n) is 2.71. The molecule has 0 radical (unpaired) electrons. The van der Waals surface area contributed by atoms with Crippen LogP contribution >= 0.6 is 0 Å². The minimum atomic E-state index is -0.178. The molecule has 2 aromatic heterocycles. The Morgan fingerprint density at radius 1 is 1.28 bits per heavy atom. The first-order valence-corrected chi connectivity index (χ1v) is 8.38. The molecule has 3 aromatic rings. The first-order valence-electron chi connectivity index (χ1n) is 8.38. The van der Waals surface area contributed by atoms with E-state index in [-0.39, 0.29) is 11.9 Å². The number of nitrogens with zero attached hydrogens (tertiary/aromatic N) is 3. The molecule has 0 saturated carbocycles. The highest BCUT2D eigenvalue weighted by molar-refractivity contribution is 6.12. The van der Waals surface area contributed by atoms with Crippen molar-refractivity contribution >= 4 is 22.6 Å². The maximum atomic E-state index is 12.8. The molecule has 3 rings (SSSR count). The summed E-state index contributed by atoms with van der Waals surface area (Å²) in [5, 5.41) is 8.05. The van der Waals surface area contributed by atoms with Crippen molar-refractivity contribution in [2.24, 2.45) is 0 Å². The zero-order valence-corrected chi connectivity index (χ0v) is 14.9. The average Bonchev–Trinajstić information content (AvgIpc) is 3.00. The van der Waals surface area contributed by atoms with Gasteiger partial charge in [-0.2, -0.15) is 5.10 Å². The van der Waals surface area contributed by atoms with E-state index in [9.17, 15) is 4.79 Å². The molecule has 0 aliphatic carbocycles. The molecule has 0 aliphatic heterocycles. The number of pyridine rings is 1. The highest BCUT2D eigenvalue weighted by Gasteiger charge is 2.17. The Hall–Kier alpha value is -2.89. The molecule has 6 heteroatoms. The van der Waals surface area contributed by atoms with Gasteiger partial charge in [-0.3, -0.25) is 4.79 Å². The van der Waals surface area contributed by atoms with Gasteiger partial charge in [-0.1, -0.05) is 0 Å². The molecule has 0 saturated heterocycles. The molecule has 1 N–H and O–H groups in total. The number of benzene rings is 1. The van der Waals surface area contributed by atoms with E-state index in [4.69, 9.17) is 4.74 Å². The molecule has 0 spiro atoms. The van der Waals surface area contributed by atoms with Gasteiger partial charge >= 0.3 is 0 Å². The summed E-state index contributed by atoms with van der Waals surface area (Å²) >= 11 is 0. The zero-order valence-electron chi connectivity index (χ0n) is 14.9. The third-order valence-corrected chi connectivity index (χ3v) is 3.85. The van der Waals surface area contributed by atoms with E-state index in [1.54, 1.807) is 12.3 Å². The molecule has 1 amide bonds. The molecule has 0 aliphatic rings. The summed E-state index contributed by atoms with van der Waals surface area (Å²) in [6, 6.07) is 9.29. The van der Waals surface area contributed by atoms with Crippen LogP contribution in [0.1, 0.15) is 42.9 Å². The summed E-state index contributed by atoms with van der Waals surface area (Å²) in [5.41, 5.74) is 2.80. The second-order valence-corrected chi connectivity index (χ2v) is 6.14. The Morgan fingerprint density at radius 3 is 2.64 bits per heavy atom. The summed E-state index contributed by atoms with van der Waals surface area (Å²) in [6.45, 7) is 8.50. The number of hydrogen-bond acceptors (Lipinski definition) is 4. The van der Waals surface area contributed by atoms with Crippen molar-refractivity contribution in [1.29, 1.82) is 0 Å². The third-order valence-electron chi connectivity index (χ3n) is 3.85. The highest BCUT2D eigenvalue weighted by Crippen LogP contribution is 2.23. The molecule has 2 heterocycles. The predicted octanol–water partition coefficient (Wildman–Crippen LogP) is 3.97. The topological polar surface area (TPSA) is 69.0 Å². The lowest BCUT2D eigenvalue weighted by molar-refractivity contribution is 0.102. The first-order chi connectivity index (χ1) is 12.0. The molecule has 0 unspecified atom stereocenters. The normalized spacial score (nSPS) is 11.1. The van der Waals surface area contributed by atoms with E-state index in [1.807, 2.05) is 56.6 Å². The Bertz CT molecular complexity index is 898. The van der Waals surface area contributed by atoms with Crippen LogP contribution in [0.4, 0.5) is 5.69 Å². The van der Waals surface area contributed by atoms with Crippen LogP contribution < -0.4 is 10.1 Å². The van der Waals surface area contributed by atoms with Crippen LogP contribution in [0.15, 0.2) is 36.5 Å². The van der Waals surface area contributed by atoms with Crippen molar-refractivity contribution < 1.29 is 9.53 Å². The molecule has 1 aromatic carbocycles. The van der Waals surface area contributed by atoms with E-state index in [0.29, 0.717) is 17.9 Å². The number of nitrogens with one attached hydrogen (secondary N) is 1. The number of aromatic nitrogens is 3. The summed E-state index contributed by atoms with van der Waals surface area (Å²) in [5.74, 6) is 0.601. The molecular formula is C19H22N4O2. The smallest absolute Gasteiger partial charge is 0.256 e. The average molecular weight is 338 g/mol. The fraction of sp³-hybridized carbons (Fsp3) is 0.316. The van der Waals surface area contributed by atoms with Crippen LogP contribution in [-0.2, 0) is 0 Å². The van der Waals surface area contributed by atoms with Gasteiger partial charge in [0.25, 0.3) is 5.91 Å². The molecule has 0 fully saturated rings. The monoisotopic (exact) mass is 338 g/mol. The Morgan fingerprint density at radius 2 is 2.00 bits per heavy atom. The van der Waals surface area contributed by atoms with Gasteiger partial charge in [0, 0.05) is 17.4 Å². The second-order valence-electron chi connectivity index (χ2n) is 6.14. The van der Waals surface area contributed by atoms with Gasteiger partial charge in [-0.05, 0) is 58.0 Å². The van der Waals surface area contributed by atoms with Crippen molar-refractivity contribution in [3.8, 4) is 5.75 Å². The third kappa shape index (κ3) is 3.47. The van der Waals surface area contributed by atoms with Gasteiger partial charge < -0.3 is 10.1 Å². The number of fused-ring (bicyclic) bond motifs is 1. The lowest BCUT2D eigenvalue weighted by Crippen LogP contribution is -2.13. The van der Waals surface area contributed by atoms with Crippen LogP contribution in [-0.4, -0.2) is 27.3 Å². The molecule has 130 valence electrons. The summed E-state index contributed by atoms with van der Waals surface area (Å²) in [7, 11) is 0. The van der Waals surface area contributed by atoms with Gasteiger partial charge in [0.15, 0.2) is 5.65 Å². The zero-order chi connectivity index (χ0) is 18.0. The number of carbonyl (C=O) groups excluding carboxylic acids is 1. The van der Waals surface area contributed by atoms with Gasteiger partial charge in [0.1, 0.15) is 5.75 Å². The van der Waals surface area contributed by atoms with Crippen LogP contribution in [0.25, 0.3) is 11.0 Å². The molecule has 6 nitrogen and oxygen atoms in total. The Balaban J connectivity index is 1.91. The standard InChI is InChI=1S/C19H22N4O2/c1-5-25-15-8-6-14(7-9-15)22-19(24)16-10-13(4)21-18-17(16)11-20-23(18)12(2)3/h6-12H,5H2,1-4H3,(H,22,24). The number of anilines is 1. The van der Waals surface area contributed by atoms with Gasteiger partial charge in [0.05, 0.1) is 23.8 Å². The minimum Gasteiger partial charge on any atom is -0.494 e. The number of amides is 1. The van der Waals surface area contributed by atoms with E-state index < -0.39 is 0 Å². The van der Waals surface area contributed by atoms with Crippen LogP contribution in [0.3, 0.4) is 0 Å². The summed E-state index contributed by atoms with van der Waals surface area (Å²) < 4.78 is 7.25. The molecule has 25 heavy (non-hydrogen) atoms. The van der Waals surface area contributed by atoms with Crippen molar-refractivity contribution in [2.75, 3.05) is 11.9 Å². The van der Waals surface area contributed by atoms with Crippen molar-refractivity contribution in [3.63, 3.8) is 0 Å². The fourth-order valence-corrected chi connectivity index (χ4v) is 2.71. The number of ether oxygens (including phenoxy) is 1. The second kappa shape index (κ2) is 6.93. The van der Waals surface area contributed by atoms with E-state index in [2.05, 4.69) is 15.4 Å². The SMILES string of the molecule is CCOc1ccc(NC(=O)c2cc(C)nc3c2cnn3C(C)C)cc1.